The van der Waals surface area contributed by atoms with Crippen LogP contribution >= 0.6 is 0 Å². The van der Waals surface area contributed by atoms with Crippen molar-refractivity contribution in [2.24, 2.45) is 46.3 Å². The normalized spacial score (nSPS) is 18.1. The minimum absolute atomic E-state index is 0.613. The van der Waals surface area contributed by atoms with Crippen LogP contribution in [0.3, 0.4) is 0 Å². The molecule has 0 nitrogen and oxygen atoms in total. The van der Waals surface area contributed by atoms with Gasteiger partial charge in [0.1, 0.15) is 0 Å². The first-order valence-corrected chi connectivity index (χ1v) is 43.6. The standard InChI is InChI=1S/3C13H24.3C13H12.C10H20.2C7H8.C3H8/c6*1-3-7-12(8-4-1)11-13-9-5-2-6-10-13;1-9(2)6-5-7-10(3,4)8-9;2*1-7-5-3-2-4-6-7;1-3-2/h3*12-13H,1-11H2;3*1-10H,11H2;5-8H2,1-4H3;2*2-6H,1H3;3H2,1-2H3. The van der Waals surface area contributed by atoms with E-state index in [4.69, 9.17) is 0 Å². The summed E-state index contributed by atoms with van der Waals surface area (Å²) in [4.78, 5) is 0. The Morgan fingerprint density at radius 2 is 0.371 bits per heavy atom. The Bertz CT molecular complexity index is 2690. The molecule has 0 unspecified atom stereocenters. The fourth-order valence-corrected chi connectivity index (χ4v) is 17.8. The van der Waals surface area contributed by atoms with Gasteiger partial charge in [-0.3, -0.25) is 0 Å². The molecule has 8 aromatic carbocycles. The largest absolute Gasteiger partial charge is 0.0656 e. The molecule has 0 aliphatic heterocycles. The molecule has 0 bridgehead atoms. The highest BCUT2D eigenvalue weighted by molar-refractivity contribution is 5.28. The lowest BCUT2D eigenvalue weighted by atomic mass is 9.65. The third kappa shape index (κ3) is 43.4. The molecule has 0 heterocycles. The van der Waals surface area contributed by atoms with Gasteiger partial charge in [0, 0.05) is 0 Å². The molecule has 7 fully saturated rings. The summed E-state index contributed by atoms with van der Waals surface area (Å²) >= 11 is 0. The SMILES string of the molecule is C1CCC(CC2CCCCC2)CC1.C1CCC(CC2CCCCC2)CC1.C1CCC(CC2CCCCC2)CC1.CC1(C)CCCC(C)(C)C1.CCC.Cc1ccccc1.Cc1ccccc1.c1ccc(Cc2ccccc2)cc1.c1ccc(Cc2ccccc2)cc1.c1ccc(Cc2ccccc2)cc1. The average Bonchev–Trinajstić information content (AvgIpc) is 0.841. The zero-order valence-electron chi connectivity index (χ0n) is 68.5. The maximum absolute atomic E-state index is 2.40. The van der Waals surface area contributed by atoms with Crippen LogP contribution in [0.4, 0.5) is 0 Å². The van der Waals surface area contributed by atoms with Gasteiger partial charge in [0.05, 0.1) is 0 Å². The molecule has 0 amide bonds. The van der Waals surface area contributed by atoms with Crippen LogP contribution in [0.2, 0.25) is 0 Å². The van der Waals surface area contributed by atoms with Gasteiger partial charge >= 0.3 is 0 Å². The van der Waals surface area contributed by atoms with Crippen LogP contribution in [0.25, 0.3) is 0 Å². The van der Waals surface area contributed by atoms with E-state index in [1.807, 2.05) is 36.4 Å². The summed E-state index contributed by atoms with van der Waals surface area (Å²) in [6.07, 6.45) is 60.8. The second kappa shape index (κ2) is 55.2. The van der Waals surface area contributed by atoms with E-state index in [-0.39, 0.29) is 0 Å². The zero-order valence-corrected chi connectivity index (χ0v) is 68.5. The van der Waals surface area contributed by atoms with Gasteiger partial charge in [-0.15, -0.1) is 0 Å². The Morgan fingerprint density at radius 1 is 0.219 bits per heavy atom. The molecular formula is C105H152. The quantitative estimate of drug-likeness (QED) is 0.114. The fourth-order valence-electron chi connectivity index (χ4n) is 17.8. The van der Waals surface area contributed by atoms with Gasteiger partial charge in [0.15, 0.2) is 0 Å². The van der Waals surface area contributed by atoms with E-state index in [0.717, 1.165) is 54.8 Å². The zero-order chi connectivity index (χ0) is 74.4. The van der Waals surface area contributed by atoms with Gasteiger partial charge in [0.25, 0.3) is 0 Å². The van der Waals surface area contributed by atoms with E-state index in [1.165, 1.54) is 192 Å². The van der Waals surface area contributed by atoms with Crippen molar-refractivity contribution in [3.8, 4) is 0 Å². The molecule has 0 atom stereocenters. The Balaban J connectivity index is 0.000000186. The lowest BCUT2D eigenvalue weighted by Crippen LogP contribution is -2.28. The number of benzene rings is 8. The summed E-state index contributed by atoms with van der Waals surface area (Å²) in [5.74, 6) is 6.73. The molecule has 0 heteroatoms. The van der Waals surface area contributed by atoms with Crippen molar-refractivity contribution in [2.45, 2.75) is 319 Å². The van der Waals surface area contributed by atoms with Crippen LogP contribution in [-0.2, 0) is 19.3 Å². The molecule has 0 radical (unpaired) electrons. The van der Waals surface area contributed by atoms with Crippen LogP contribution < -0.4 is 0 Å². The topological polar surface area (TPSA) is 0 Å². The summed E-state index contributed by atoms with van der Waals surface area (Å²) in [5, 5.41) is 0. The predicted octanol–water partition coefficient (Wildman–Crippen LogP) is 32.5. The molecule has 7 aliphatic carbocycles. The Labute approximate surface area is 648 Å². The minimum Gasteiger partial charge on any atom is -0.0656 e. The monoisotopic (exact) mass is 1410 g/mol. The van der Waals surface area contributed by atoms with E-state index in [1.54, 1.807) is 96.3 Å². The number of rotatable bonds is 12. The molecule has 15 rings (SSSR count). The fraction of sp³-hybridized carbons (Fsp3) is 0.543. The van der Waals surface area contributed by atoms with Gasteiger partial charge in [-0.25, -0.2) is 0 Å². The maximum atomic E-state index is 2.40. The van der Waals surface area contributed by atoms with E-state index in [0.29, 0.717) is 10.8 Å². The predicted molar refractivity (Wildman–Crippen MR) is 465 cm³/mol. The molecule has 0 aromatic heterocycles. The third-order valence-electron chi connectivity index (χ3n) is 23.2. The molecule has 8 aromatic rings. The molecule has 572 valence electrons. The van der Waals surface area contributed by atoms with Gasteiger partial charge in [-0.05, 0) is 151 Å². The van der Waals surface area contributed by atoms with E-state index >= 15 is 0 Å². The molecule has 7 saturated carbocycles. The number of hydrogen-bond donors (Lipinski definition) is 0. The molecule has 0 spiro atoms. The number of aryl methyl sites for hydroxylation is 2. The highest BCUT2D eigenvalue weighted by Crippen LogP contribution is 2.45. The summed E-state index contributed by atoms with van der Waals surface area (Å²) in [7, 11) is 0. The number of hydrogen-bond acceptors (Lipinski definition) is 0. The Kier molecular flexibility index (Phi) is 46.1. The van der Waals surface area contributed by atoms with Crippen LogP contribution in [0, 0.1) is 60.2 Å². The average molecular weight is 1410 g/mol. The first-order valence-electron chi connectivity index (χ1n) is 43.6. The highest BCUT2D eigenvalue weighted by Gasteiger charge is 2.33. The van der Waals surface area contributed by atoms with Crippen LogP contribution in [-0.4, -0.2) is 0 Å². The molecular weight excluding hydrogens is 1260 g/mol. The summed E-state index contributed by atoms with van der Waals surface area (Å²) in [6.45, 7) is 18.0. The molecule has 0 N–H and O–H groups in total. The van der Waals surface area contributed by atoms with Crippen LogP contribution in [0.5, 0.6) is 0 Å². The van der Waals surface area contributed by atoms with Crippen molar-refractivity contribution >= 4 is 0 Å². The van der Waals surface area contributed by atoms with Gasteiger partial charge < -0.3 is 0 Å². The van der Waals surface area contributed by atoms with E-state index in [9.17, 15) is 0 Å². The minimum atomic E-state index is 0.613. The highest BCUT2D eigenvalue weighted by atomic mass is 14.4. The van der Waals surface area contributed by atoms with Gasteiger partial charge in [0.2, 0.25) is 0 Å². The second-order valence-electron chi connectivity index (χ2n) is 34.6. The lowest BCUT2D eigenvalue weighted by Gasteiger charge is -2.40. The molecule has 7 aliphatic rings. The van der Waals surface area contributed by atoms with E-state index in [2.05, 4.69) is 262 Å². The summed E-state index contributed by atoms with van der Waals surface area (Å²) in [5.41, 5.74) is 12.1. The second-order valence-corrected chi connectivity index (χ2v) is 34.6. The summed E-state index contributed by atoms with van der Waals surface area (Å²) in [6, 6.07) is 83.7. The van der Waals surface area contributed by atoms with Crippen molar-refractivity contribution in [3.63, 3.8) is 0 Å². The van der Waals surface area contributed by atoms with Crippen molar-refractivity contribution in [2.75, 3.05) is 0 Å². The Hall–Kier alpha value is -6.24. The first-order chi connectivity index (χ1) is 51.3. The van der Waals surface area contributed by atoms with Gasteiger partial charge in [-0.1, -0.05) is 501 Å². The van der Waals surface area contributed by atoms with Crippen LogP contribution in [0.1, 0.15) is 330 Å². The van der Waals surface area contributed by atoms with Crippen LogP contribution in [0.15, 0.2) is 243 Å². The summed E-state index contributed by atoms with van der Waals surface area (Å²) < 4.78 is 0. The van der Waals surface area contributed by atoms with Crippen molar-refractivity contribution in [1.82, 2.24) is 0 Å². The molecule has 105 heavy (non-hydrogen) atoms. The Morgan fingerprint density at radius 3 is 0.495 bits per heavy atom. The van der Waals surface area contributed by atoms with Crippen molar-refractivity contribution < 1.29 is 0 Å². The van der Waals surface area contributed by atoms with Crippen molar-refractivity contribution in [3.05, 3.63) is 287 Å². The first kappa shape index (κ1) is 87.7. The maximum Gasteiger partial charge on any atom is -0.00258 e. The van der Waals surface area contributed by atoms with Crippen molar-refractivity contribution in [1.29, 1.82) is 0 Å². The third-order valence-corrected chi connectivity index (χ3v) is 23.2. The van der Waals surface area contributed by atoms with E-state index < -0.39 is 0 Å². The molecule has 0 saturated heterocycles. The van der Waals surface area contributed by atoms with Gasteiger partial charge in [-0.2, -0.15) is 0 Å². The smallest absolute Gasteiger partial charge is 0.00258 e. The lowest BCUT2D eigenvalue weighted by molar-refractivity contribution is 0.116.